The highest BCUT2D eigenvalue weighted by molar-refractivity contribution is 6.51. The van der Waals surface area contributed by atoms with Crippen LogP contribution in [0.1, 0.15) is 28.4 Å². The summed E-state index contributed by atoms with van der Waals surface area (Å²) in [4.78, 5) is 32.0. The molecular weight excluding hydrogens is 400 g/mol. The SMILES string of the molecule is Cc1ccc(N2C(=O)C(=O)/C(=C(/O)c3cccc(Cl)c3)C2c2ccccn2)c(C)c1. The molecule has 4 rings (SSSR count). The molecule has 1 amide bonds. The summed E-state index contributed by atoms with van der Waals surface area (Å²) in [5.41, 5.74) is 3.33. The Morgan fingerprint density at radius 1 is 1.03 bits per heavy atom. The second kappa shape index (κ2) is 7.76. The normalized spacial score (nSPS) is 18.1. The minimum absolute atomic E-state index is 0.0130. The summed E-state index contributed by atoms with van der Waals surface area (Å²) in [5.74, 6) is -1.75. The number of aromatic nitrogens is 1. The van der Waals surface area contributed by atoms with Gasteiger partial charge in [0, 0.05) is 22.5 Å². The van der Waals surface area contributed by atoms with Crippen LogP contribution in [-0.4, -0.2) is 21.8 Å². The van der Waals surface area contributed by atoms with Gasteiger partial charge in [-0.3, -0.25) is 19.5 Å². The average Bonchev–Trinajstić information content (AvgIpc) is 2.99. The van der Waals surface area contributed by atoms with Gasteiger partial charge in [-0.05, 0) is 49.7 Å². The second-order valence-electron chi connectivity index (χ2n) is 7.22. The van der Waals surface area contributed by atoms with Gasteiger partial charge >= 0.3 is 0 Å². The quantitative estimate of drug-likeness (QED) is 0.370. The zero-order valence-electron chi connectivity index (χ0n) is 16.5. The number of pyridine rings is 1. The molecular formula is C24H19ClN2O3. The molecule has 1 aliphatic rings. The molecule has 1 unspecified atom stereocenters. The fourth-order valence-electron chi connectivity index (χ4n) is 3.77. The van der Waals surface area contributed by atoms with Crippen LogP contribution in [0, 0.1) is 13.8 Å². The molecule has 150 valence electrons. The van der Waals surface area contributed by atoms with Gasteiger partial charge in [0.05, 0.1) is 11.3 Å². The van der Waals surface area contributed by atoms with Crippen molar-refractivity contribution in [3.63, 3.8) is 0 Å². The molecule has 1 aliphatic heterocycles. The number of halogens is 1. The summed E-state index contributed by atoms with van der Waals surface area (Å²) >= 11 is 6.07. The van der Waals surface area contributed by atoms with Crippen LogP contribution in [0.25, 0.3) is 5.76 Å². The Morgan fingerprint density at radius 2 is 1.83 bits per heavy atom. The summed E-state index contributed by atoms with van der Waals surface area (Å²) in [6, 6.07) is 16.6. The maximum atomic E-state index is 13.1. The number of hydrogen-bond donors (Lipinski definition) is 1. The third-order valence-corrected chi connectivity index (χ3v) is 5.36. The van der Waals surface area contributed by atoms with Crippen molar-refractivity contribution in [2.75, 3.05) is 4.90 Å². The first-order chi connectivity index (χ1) is 14.4. The van der Waals surface area contributed by atoms with Crippen LogP contribution in [0.3, 0.4) is 0 Å². The first-order valence-corrected chi connectivity index (χ1v) is 9.81. The number of aryl methyl sites for hydroxylation is 2. The summed E-state index contributed by atoms with van der Waals surface area (Å²) in [5, 5.41) is 11.5. The first-order valence-electron chi connectivity index (χ1n) is 9.43. The number of aliphatic hydroxyl groups is 1. The number of Topliss-reactive ketones (excluding diaryl/α,β-unsaturated/α-hetero) is 1. The second-order valence-corrected chi connectivity index (χ2v) is 7.66. The molecule has 0 saturated carbocycles. The lowest BCUT2D eigenvalue weighted by atomic mass is 9.98. The van der Waals surface area contributed by atoms with Gasteiger partial charge in [0.1, 0.15) is 11.8 Å². The van der Waals surface area contributed by atoms with Crippen molar-refractivity contribution in [2.24, 2.45) is 0 Å². The van der Waals surface area contributed by atoms with Gasteiger partial charge in [-0.2, -0.15) is 0 Å². The average molecular weight is 419 g/mol. The van der Waals surface area contributed by atoms with Crippen molar-refractivity contribution < 1.29 is 14.7 Å². The van der Waals surface area contributed by atoms with Crippen LogP contribution in [0.15, 0.2) is 72.4 Å². The van der Waals surface area contributed by atoms with E-state index in [2.05, 4.69) is 4.98 Å². The van der Waals surface area contributed by atoms with Crippen LogP contribution in [0.2, 0.25) is 5.02 Å². The molecule has 1 N–H and O–H groups in total. The highest BCUT2D eigenvalue weighted by Crippen LogP contribution is 2.42. The predicted octanol–water partition coefficient (Wildman–Crippen LogP) is 4.98. The van der Waals surface area contributed by atoms with Gasteiger partial charge in [0.25, 0.3) is 11.7 Å². The van der Waals surface area contributed by atoms with Crippen LogP contribution in [0.4, 0.5) is 5.69 Å². The lowest BCUT2D eigenvalue weighted by Crippen LogP contribution is -2.30. The number of hydrogen-bond acceptors (Lipinski definition) is 4. The Morgan fingerprint density at radius 3 is 2.50 bits per heavy atom. The molecule has 1 fully saturated rings. The molecule has 0 spiro atoms. The van der Waals surface area contributed by atoms with Gasteiger partial charge in [0.2, 0.25) is 0 Å². The minimum atomic E-state index is -0.855. The van der Waals surface area contributed by atoms with Crippen LogP contribution in [0.5, 0.6) is 0 Å². The van der Waals surface area contributed by atoms with Crippen LogP contribution < -0.4 is 4.90 Å². The molecule has 0 bridgehead atoms. The largest absolute Gasteiger partial charge is 0.507 e. The van der Waals surface area contributed by atoms with E-state index in [0.29, 0.717) is 22.0 Å². The minimum Gasteiger partial charge on any atom is -0.507 e. The van der Waals surface area contributed by atoms with Crippen molar-refractivity contribution >= 4 is 34.7 Å². The monoisotopic (exact) mass is 418 g/mol. The summed E-state index contributed by atoms with van der Waals surface area (Å²) in [7, 11) is 0. The van der Waals surface area contributed by atoms with Gasteiger partial charge in [-0.25, -0.2) is 0 Å². The van der Waals surface area contributed by atoms with Crippen molar-refractivity contribution in [2.45, 2.75) is 19.9 Å². The van der Waals surface area contributed by atoms with E-state index in [1.807, 2.05) is 32.0 Å². The highest BCUT2D eigenvalue weighted by Gasteiger charge is 2.48. The number of aliphatic hydroxyl groups excluding tert-OH is 1. The Hall–Kier alpha value is -3.44. The molecule has 0 radical (unpaired) electrons. The molecule has 5 nitrogen and oxygen atoms in total. The van der Waals surface area contributed by atoms with Crippen molar-refractivity contribution in [3.8, 4) is 0 Å². The number of carbonyl (C=O) groups excluding carboxylic acids is 2. The number of nitrogens with zero attached hydrogens (tertiary/aromatic N) is 2. The summed E-state index contributed by atoms with van der Waals surface area (Å²) in [6.07, 6.45) is 1.59. The fourth-order valence-corrected chi connectivity index (χ4v) is 3.96. The van der Waals surface area contributed by atoms with Crippen molar-refractivity contribution in [3.05, 3.63) is 99.8 Å². The molecule has 3 aromatic rings. The van der Waals surface area contributed by atoms with Crippen molar-refractivity contribution in [1.29, 1.82) is 0 Å². The fraction of sp³-hybridized carbons (Fsp3) is 0.125. The zero-order valence-corrected chi connectivity index (χ0v) is 17.2. The number of anilines is 1. The van der Waals surface area contributed by atoms with Gasteiger partial charge in [-0.15, -0.1) is 0 Å². The molecule has 2 aromatic carbocycles. The molecule has 1 aromatic heterocycles. The molecule has 2 heterocycles. The topological polar surface area (TPSA) is 70.5 Å². The molecule has 1 atom stereocenters. The maximum Gasteiger partial charge on any atom is 0.300 e. The van der Waals surface area contributed by atoms with Gasteiger partial charge < -0.3 is 5.11 Å². The summed E-state index contributed by atoms with van der Waals surface area (Å²) < 4.78 is 0. The third kappa shape index (κ3) is 3.37. The van der Waals surface area contributed by atoms with E-state index < -0.39 is 17.7 Å². The highest BCUT2D eigenvalue weighted by atomic mass is 35.5. The number of rotatable bonds is 3. The van der Waals surface area contributed by atoms with E-state index in [-0.39, 0.29) is 11.3 Å². The van der Waals surface area contributed by atoms with Gasteiger partial charge in [0.15, 0.2) is 0 Å². The Labute approximate surface area is 179 Å². The zero-order chi connectivity index (χ0) is 21.4. The maximum absolute atomic E-state index is 13.1. The number of ketones is 1. The third-order valence-electron chi connectivity index (χ3n) is 5.12. The van der Waals surface area contributed by atoms with E-state index in [1.54, 1.807) is 48.7 Å². The predicted molar refractivity (Wildman–Crippen MR) is 116 cm³/mol. The van der Waals surface area contributed by atoms with E-state index >= 15 is 0 Å². The lowest BCUT2D eigenvalue weighted by Gasteiger charge is -2.26. The lowest BCUT2D eigenvalue weighted by molar-refractivity contribution is -0.132. The molecule has 0 aliphatic carbocycles. The number of benzene rings is 2. The summed E-state index contributed by atoms with van der Waals surface area (Å²) in [6.45, 7) is 3.84. The Bertz CT molecular complexity index is 1190. The van der Waals surface area contributed by atoms with Crippen LogP contribution in [-0.2, 0) is 9.59 Å². The Kier molecular flexibility index (Phi) is 5.14. The van der Waals surface area contributed by atoms with E-state index in [9.17, 15) is 14.7 Å². The standard InChI is InChI=1S/C24H19ClN2O3/c1-14-9-10-19(15(2)12-14)27-21(18-8-3-4-11-26-18)20(23(29)24(27)30)22(28)16-6-5-7-17(25)13-16/h3-13,21,28H,1-2H3/b22-20+. The van der Waals surface area contributed by atoms with E-state index in [4.69, 9.17) is 11.6 Å². The van der Waals surface area contributed by atoms with Crippen LogP contribution >= 0.6 is 11.6 Å². The molecule has 6 heteroatoms. The Balaban J connectivity index is 1.97. The van der Waals surface area contributed by atoms with Crippen molar-refractivity contribution in [1.82, 2.24) is 4.98 Å². The van der Waals surface area contributed by atoms with E-state index in [0.717, 1.165) is 11.1 Å². The van der Waals surface area contributed by atoms with Gasteiger partial charge in [-0.1, -0.05) is 47.5 Å². The number of carbonyl (C=O) groups is 2. The number of amides is 1. The first kappa shape index (κ1) is 19.9. The van der Waals surface area contributed by atoms with E-state index in [1.165, 1.54) is 4.90 Å². The molecule has 1 saturated heterocycles. The smallest absolute Gasteiger partial charge is 0.300 e. The molecule has 30 heavy (non-hydrogen) atoms.